The summed E-state index contributed by atoms with van der Waals surface area (Å²) >= 11 is 0. The predicted octanol–water partition coefficient (Wildman–Crippen LogP) is 4.02. The van der Waals surface area contributed by atoms with Crippen LogP contribution in [0.25, 0.3) is 22.5 Å². The molecule has 0 fully saturated rings. The van der Waals surface area contributed by atoms with Crippen molar-refractivity contribution < 1.29 is 9.32 Å². The average molecular weight is 399 g/mol. The summed E-state index contributed by atoms with van der Waals surface area (Å²) in [5.74, 6) is 0.862. The first-order valence-corrected chi connectivity index (χ1v) is 9.64. The Kier molecular flexibility index (Phi) is 5.07. The van der Waals surface area contributed by atoms with E-state index in [-0.39, 0.29) is 5.91 Å². The second kappa shape index (κ2) is 7.84. The first-order valence-electron chi connectivity index (χ1n) is 9.64. The molecular formula is C23H21N5O2. The largest absolute Gasteiger partial charge is 0.350 e. The van der Waals surface area contributed by atoms with Gasteiger partial charge in [-0.3, -0.25) is 4.79 Å². The Morgan fingerprint density at radius 3 is 2.70 bits per heavy atom. The molecular weight excluding hydrogens is 378 g/mol. The summed E-state index contributed by atoms with van der Waals surface area (Å²) in [5, 5.41) is 14.1. The lowest BCUT2D eigenvalue weighted by Crippen LogP contribution is -2.29. The van der Waals surface area contributed by atoms with Gasteiger partial charge in [0, 0.05) is 36.5 Å². The van der Waals surface area contributed by atoms with Gasteiger partial charge in [0.1, 0.15) is 5.69 Å². The maximum atomic E-state index is 12.5. The lowest BCUT2D eigenvalue weighted by atomic mass is 10.1. The summed E-state index contributed by atoms with van der Waals surface area (Å²) in [6.45, 7) is 4.54. The smallest absolute Gasteiger partial charge is 0.274 e. The number of nitrogens with one attached hydrogen (secondary N) is 1. The van der Waals surface area contributed by atoms with Crippen LogP contribution in [0.15, 0.2) is 47.0 Å². The maximum Gasteiger partial charge on any atom is 0.274 e. The number of aromatic nitrogens is 3. The molecule has 0 atom stereocenters. The molecule has 7 nitrogen and oxygen atoms in total. The van der Waals surface area contributed by atoms with Crippen LogP contribution >= 0.6 is 0 Å². The highest BCUT2D eigenvalue weighted by atomic mass is 16.5. The number of amides is 1. The van der Waals surface area contributed by atoms with Crippen LogP contribution in [-0.4, -0.2) is 39.5 Å². The van der Waals surface area contributed by atoms with Crippen molar-refractivity contribution in [3.05, 3.63) is 70.5 Å². The van der Waals surface area contributed by atoms with Crippen molar-refractivity contribution in [2.24, 2.45) is 0 Å². The van der Waals surface area contributed by atoms with E-state index in [9.17, 15) is 4.79 Å². The first-order chi connectivity index (χ1) is 14.5. The zero-order chi connectivity index (χ0) is 21.3. The van der Waals surface area contributed by atoms with E-state index >= 15 is 0 Å². The first kappa shape index (κ1) is 19.4. The standard InChI is InChI=1S/C23H21N5O2/c1-14-4-9-19-18(12-14)15(2)21(25-19)22-26-20(27-30-22)10-11-28(3)23(29)17-7-5-16(13-24)6-8-17/h4-9,12,25H,10-11H2,1-3H3. The van der Waals surface area contributed by atoms with E-state index in [4.69, 9.17) is 9.78 Å². The molecule has 0 spiro atoms. The summed E-state index contributed by atoms with van der Waals surface area (Å²) in [5.41, 5.74) is 5.16. The van der Waals surface area contributed by atoms with Crippen molar-refractivity contribution in [1.82, 2.24) is 20.0 Å². The van der Waals surface area contributed by atoms with Gasteiger partial charge in [-0.25, -0.2) is 0 Å². The molecule has 30 heavy (non-hydrogen) atoms. The SMILES string of the molecule is Cc1ccc2[nH]c(-c3nc(CCN(C)C(=O)c4ccc(C#N)cc4)no3)c(C)c2c1. The van der Waals surface area contributed by atoms with Crippen LogP contribution < -0.4 is 0 Å². The molecule has 4 rings (SSSR count). The molecule has 0 aliphatic carbocycles. The topological polar surface area (TPSA) is 98.8 Å². The fourth-order valence-corrected chi connectivity index (χ4v) is 3.39. The van der Waals surface area contributed by atoms with E-state index in [1.807, 2.05) is 19.1 Å². The number of likely N-dealkylation sites (N-methyl/N-ethyl adjacent to an activating group) is 1. The normalized spacial score (nSPS) is 10.9. The maximum absolute atomic E-state index is 12.5. The van der Waals surface area contributed by atoms with Crippen LogP contribution in [0.3, 0.4) is 0 Å². The average Bonchev–Trinajstić information content (AvgIpc) is 3.36. The Morgan fingerprint density at radius 2 is 1.97 bits per heavy atom. The van der Waals surface area contributed by atoms with E-state index in [2.05, 4.69) is 34.2 Å². The number of hydrogen-bond donors (Lipinski definition) is 1. The lowest BCUT2D eigenvalue weighted by Gasteiger charge is -2.16. The number of hydrogen-bond acceptors (Lipinski definition) is 5. The Bertz CT molecular complexity index is 1260. The molecule has 4 aromatic rings. The van der Waals surface area contributed by atoms with Gasteiger partial charge in [0.2, 0.25) is 0 Å². The highest BCUT2D eigenvalue weighted by molar-refractivity contribution is 5.94. The van der Waals surface area contributed by atoms with E-state index in [0.29, 0.717) is 35.8 Å². The zero-order valence-corrected chi connectivity index (χ0v) is 17.1. The number of nitrogens with zero attached hydrogens (tertiary/aromatic N) is 4. The summed E-state index contributed by atoms with van der Waals surface area (Å²) in [4.78, 5) is 22.0. The van der Waals surface area contributed by atoms with Crippen LogP contribution in [0.1, 0.15) is 32.9 Å². The molecule has 0 aliphatic rings. The van der Waals surface area contributed by atoms with Crippen molar-refractivity contribution in [2.75, 3.05) is 13.6 Å². The van der Waals surface area contributed by atoms with Gasteiger partial charge in [-0.15, -0.1) is 0 Å². The fourth-order valence-electron chi connectivity index (χ4n) is 3.39. The van der Waals surface area contributed by atoms with E-state index in [1.165, 1.54) is 5.56 Å². The molecule has 2 aromatic heterocycles. The van der Waals surface area contributed by atoms with E-state index in [0.717, 1.165) is 22.2 Å². The third-order valence-corrected chi connectivity index (χ3v) is 5.17. The molecule has 2 heterocycles. The number of rotatable bonds is 5. The third kappa shape index (κ3) is 3.67. The third-order valence-electron chi connectivity index (χ3n) is 5.17. The molecule has 0 radical (unpaired) electrons. The lowest BCUT2D eigenvalue weighted by molar-refractivity contribution is 0.0796. The Morgan fingerprint density at radius 1 is 1.20 bits per heavy atom. The summed E-state index contributed by atoms with van der Waals surface area (Å²) in [6, 6.07) is 14.9. The fraction of sp³-hybridized carbons (Fsp3) is 0.217. The Hall–Kier alpha value is -3.92. The van der Waals surface area contributed by atoms with Crippen molar-refractivity contribution in [2.45, 2.75) is 20.3 Å². The highest BCUT2D eigenvalue weighted by Crippen LogP contribution is 2.29. The molecule has 0 saturated heterocycles. The second-order valence-electron chi connectivity index (χ2n) is 7.36. The number of nitriles is 1. The summed E-state index contributed by atoms with van der Waals surface area (Å²) < 4.78 is 5.47. The van der Waals surface area contributed by atoms with Crippen LogP contribution in [0.2, 0.25) is 0 Å². The quantitative estimate of drug-likeness (QED) is 0.546. The monoisotopic (exact) mass is 399 g/mol. The molecule has 150 valence electrons. The van der Waals surface area contributed by atoms with Gasteiger partial charge < -0.3 is 14.4 Å². The predicted molar refractivity (Wildman–Crippen MR) is 113 cm³/mol. The van der Waals surface area contributed by atoms with Gasteiger partial charge >= 0.3 is 0 Å². The number of carbonyl (C=O) groups excluding carboxylic acids is 1. The minimum absolute atomic E-state index is 0.120. The number of carbonyl (C=O) groups is 1. The number of aryl methyl sites for hydroxylation is 2. The van der Waals surface area contributed by atoms with Gasteiger partial charge in [-0.1, -0.05) is 16.8 Å². The zero-order valence-electron chi connectivity index (χ0n) is 17.1. The molecule has 2 aromatic carbocycles. The molecule has 1 amide bonds. The van der Waals surface area contributed by atoms with Gasteiger partial charge in [0.15, 0.2) is 5.82 Å². The number of fused-ring (bicyclic) bond motifs is 1. The highest BCUT2D eigenvalue weighted by Gasteiger charge is 2.17. The molecule has 0 aliphatic heterocycles. The van der Waals surface area contributed by atoms with Crippen LogP contribution in [0.5, 0.6) is 0 Å². The summed E-state index contributed by atoms with van der Waals surface area (Å²) in [7, 11) is 1.73. The van der Waals surface area contributed by atoms with E-state index in [1.54, 1.807) is 36.2 Å². The van der Waals surface area contributed by atoms with Crippen LogP contribution in [0, 0.1) is 25.2 Å². The Labute approximate surface area is 173 Å². The van der Waals surface area contributed by atoms with Gasteiger partial charge in [0.25, 0.3) is 11.8 Å². The summed E-state index contributed by atoms with van der Waals surface area (Å²) in [6.07, 6.45) is 0.473. The van der Waals surface area contributed by atoms with Gasteiger partial charge in [-0.05, 0) is 55.8 Å². The molecule has 1 N–H and O–H groups in total. The molecule has 0 saturated carbocycles. The van der Waals surface area contributed by atoms with E-state index < -0.39 is 0 Å². The minimum atomic E-state index is -0.120. The van der Waals surface area contributed by atoms with Crippen molar-refractivity contribution >= 4 is 16.8 Å². The molecule has 0 bridgehead atoms. The minimum Gasteiger partial charge on any atom is -0.350 e. The van der Waals surface area contributed by atoms with Gasteiger partial charge in [0.05, 0.1) is 11.6 Å². The number of aromatic amines is 1. The molecule has 7 heteroatoms. The van der Waals surface area contributed by atoms with Crippen molar-refractivity contribution in [3.8, 4) is 17.7 Å². The van der Waals surface area contributed by atoms with Crippen LogP contribution in [0.4, 0.5) is 0 Å². The number of H-pyrrole nitrogens is 1. The molecule has 0 unspecified atom stereocenters. The second-order valence-corrected chi connectivity index (χ2v) is 7.36. The van der Waals surface area contributed by atoms with Gasteiger partial charge in [-0.2, -0.15) is 10.2 Å². The number of benzene rings is 2. The van der Waals surface area contributed by atoms with Crippen molar-refractivity contribution in [1.29, 1.82) is 5.26 Å². The van der Waals surface area contributed by atoms with Crippen LogP contribution in [-0.2, 0) is 6.42 Å². The Balaban J connectivity index is 1.45. The van der Waals surface area contributed by atoms with Crippen molar-refractivity contribution in [3.63, 3.8) is 0 Å².